The molecule has 4 heteroatoms. The van der Waals surface area contributed by atoms with E-state index in [9.17, 15) is 9.90 Å². The topological polar surface area (TPSA) is 66.8 Å². The van der Waals surface area contributed by atoms with Gasteiger partial charge in [0, 0.05) is 13.0 Å². The molecule has 1 unspecified atom stereocenters. The van der Waals surface area contributed by atoms with Gasteiger partial charge in [-0.15, -0.1) is 0 Å². The van der Waals surface area contributed by atoms with Crippen LogP contribution in [0.5, 0.6) is 0 Å². The minimum Gasteiger partial charge on any atom is -0.481 e. The van der Waals surface area contributed by atoms with Crippen LogP contribution in [-0.4, -0.2) is 35.5 Å². The van der Waals surface area contributed by atoms with Crippen molar-refractivity contribution >= 4 is 5.97 Å². The Kier molecular flexibility index (Phi) is 23.2. The van der Waals surface area contributed by atoms with E-state index in [0.717, 1.165) is 19.3 Å². The molecule has 0 saturated heterocycles. The number of ether oxygens (including phenoxy) is 1. The molecule has 1 atom stereocenters. The normalized spacial score (nSPS) is 12.3. The highest BCUT2D eigenvalue weighted by atomic mass is 16.5. The van der Waals surface area contributed by atoms with Gasteiger partial charge < -0.3 is 14.9 Å². The van der Waals surface area contributed by atoms with E-state index in [1.807, 2.05) is 0 Å². The summed E-state index contributed by atoms with van der Waals surface area (Å²) in [5.74, 6) is -0.756. The van der Waals surface area contributed by atoms with Gasteiger partial charge in [0.2, 0.25) is 0 Å². The van der Waals surface area contributed by atoms with Gasteiger partial charge in [0.15, 0.2) is 0 Å². The highest BCUT2D eigenvalue weighted by Gasteiger charge is 2.04. The predicted octanol–water partition coefficient (Wildman–Crippen LogP) is 7.27. The molecule has 0 aliphatic heterocycles. The summed E-state index contributed by atoms with van der Waals surface area (Å²) in [7, 11) is 0. The van der Waals surface area contributed by atoms with Gasteiger partial charge in [-0.1, -0.05) is 110 Å². The Labute approximate surface area is 180 Å². The second-order valence-corrected chi connectivity index (χ2v) is 8.67. The van der Waals surface area contributed by atoms with E-state index in [2.05, 4.69) is 6.92 Å². The lowest BCUT2D eigenvalue weighted by Gasteiger charge is -2.11. The first-order valence-electron chi connectivity index (χ1n) is 12.6. The monoisotopic (exact) mass is 414 g/mol. The van der Waals surface area contributed by atoms with Gasteiger partial charge in [-0.25, -0.2) is 0 Å². The quantitative estimate of drug-likeness (QED) is 0.163. The van der Waals surface area contributed by atoms with Gasteiger partial charge in [-0.2, -0.15) is 0 Å². The number of aliphatic hydroxyl groups excluding tert-OH is 1. The first-order chi connectivity index (χ1) is 14.2. The molecule has 0 saturated carbocycles. The third kappa shape index (κ3) is 25.4. The molecule has 0 aliphatic rings. The number of hydrogen-bond donors (Lipinski definition) is 2. The van der Waals surface area contributed by atoms with E-state index in [1.165, 1.54) is 96.3 Å². The zero-order chi connectivity index (χ0) is 21.4. The molecule has 0 fully saturated rings. The summed E-state index contributed by atoms with van der Waals surface area (Å²) in [6.07, 6.45) is 23.8. The Balaban J connectivity index is 3.13. The number of rotatable bonds is 24. The molecule has 0 heterocycles. The Morgan fingerprint density at radius 1 is 0.690 bits per heavy atom. The van der Waals surface area contributed by atoms with Crippen LogP contribution >= 0.6 is 0 Å². The lowest BCUT2D eigenvalue weighted by atomic mass is 10.0. The molecule has 4 nitrogen and oxygen atoms in total. The van der Waals surface area contributed by atoms with Crippen LogP contribution in [0, 0.1) is 0 Å². The summed E-state index contributed by atoms with van der Waals surface area (Å²) in [6, 6.07) is 0. The van der Waals surface area contributed by atoms with Crippen LogP contribution in [0.3, 0.4) is 0 Å². The van der Waals surface area contributed by atoms with Gasteiger partial charge in [0.1, 0.15) is 0 Å². The van der Waals surface area contributed by atoms with Crippen molar-refractivity contribution in [1.82, 2.24) is 0 Å². The highest BCUT2D eigenvalue weighted by Crippen LogP contribution is 2.14. The fourth-order valence-corrected chi connectivity index (χ4v) is 3.71. The molecule has 0 bridgehead atoms. The summed E-state index contributed by atoms with van der Waals surface area (Å²) >= 11 is 0. The minimum absolute atomic E-state index is 0.200. The molecule has 0 aliphatic carbocycles. The number of carboxylic acids is 1. The molecular formula is C25H50O4. The van der Waals surface area contributed by atoms with Gasteiger partial charge in [-0.3, -0.25) is 4.79 Å². The molecule has 29 heavy (non-hydrogen) atoms. The summed E-state index contributed by atoms with van der Waals surface area (Å²) < 4.78 is 5.41. The second kappa shape index (κ2) is 23.7. The maximum atomic E-state index is 10.4. The van der Waals surface area contributed by atoms with E-state index >= 15 is 0 Å². The second-order valence-electron chi connectivity index (χ2n) is 8.67. The van der Waals surface area contributed by atoms with Crippen LogP contribution in [0.1, 0.15) is 135 Å². The molecule has 0 rings (SSSR count). The van der Waals surface area contributed by atoms with Crippen molar-refractivity contribution in [2.75, 3.05) is 13.2 Å². The molecule has 0 aromatic heterocycles. The lowest BCUT2D eigenvalue weighted by Crippen LogP contribution is -2.15. The molecule has 0 aromatic rings. The summed E-state index contributed by atoms with van der Waals surface area (Å²) in [5.41, 5.74) is 0. The van der Waals surface area contributed by atoms with E-state index in [-0.39, 0.29) is 12.5 Å². The van der Waals surface area contributed by atoms with Crippen molar-refractivity contribution in [3.8, 4) is 0 Å². The maximum absolute atomic E-state index is 10.4. The third-order valence-corrected chi connectivity index (χ3v) is 5.63. The van der Waals surface area contributed by atoms with E-state index < -0.39 is 5.97 Å². The highest BCUT2D eigenvalue weighted by molar-refractivity contribution is 5.66. The fourth-order valence-electron chi connectivity index (χ4n) is 3.71. The number of aliphatic carboxylic acids is 1. The predicted molar refractivity (Wildman–Crippen MR) is 122 cm³/mol. The fraction of sp³-hybridized carbons (Fsp3) is 0.960. The van der Waals surface area contributed by atoms with Crippen LogP contribution in [0.2, 0.25) is 0 Å². The van der Waals surface area contributed by atoms with Crippen LogP contribution < -0.4 is 0 Å². The number of hydrogen-bond acceptors (Lipinski definition) is 3. The Morgan fingerprint density at radius 3 is 1.59 bits per heavy atom. The zero-order valence-corrected chi connectivity index (χ0v) is 19.3. The number of carboxylic acid groups (broad SMARTS) is 1. The molecular weight excluding hydrogens is 364 g/mol. The number of carbonyl (C=O) groups is 1. The van der Waals surface area contributed by atoms with Crippen molar-refractivity contribution in [2.45, 2.75) is 141 Å². The average molecular weight is 415 g/mol. The van der Waals surface area contributed by atoms with Gasteiger partial charge in [0.25, 0.3) is 0 Å². The van der Waals surface area contributed by atoms with E-state index in [0.29, 0.717) is 19.6 Å². The van der Waals surface area contributed by atoms with Crippen molar-refractivity contribution in [1.29, 1.82) is 0 Å². The summed E-state index contributed by atoms with van der Waals surface area (Å²) in [4.78, 5) is 10.4. The lowest BCUT2D eigenvalue weighted by molar-refractivity contribution is -0.137. The van der Waals surface area contributed by atoms with Crippen LogP contribution in [-0.2, 0) is 9.53 Å². The first-order valence-corrected chi connectivity index (χ1v) is 12.6. The van der Waals surface area contributed by atoms with Crippen LogP contribution in [0.4, 0.5) is 0 Å². The van der Waals surface area contributed by atoms with Crippen molar-refractivity contribution in [2.24, 2.45) is 0 Å². The summed E-state index contributed by atoms with van der Waals surface area (Å²) in [6.45, 7) is 3.20. The average Bonchev–Trinajstić information content (AvgIpc) is 2.70. The molecule has 0 radical (unpaired) electrons. The number of unbranched alkanes of at least 4 members (excludes halogenated alkanes) is 16. The van der Waals surface area contributed by atoms with Crippen molar-refractivity contribution < 1.29 is 19.7 Å². The van der Waals surface area contributed by atoms with Gasteiger partial charge in [-0.05, 0) is 19.3 Å². The van der Waals surface area contributed by atoms with Gasteiger partial charge in [0.05, 0.1) is 12.7 Å². The van der Waals surface area contributed by atoms with E-state index in [4.69, 9.17) is 9.84 Å². The van der Waals surface area contributed by atoms with E-state index in [1.54, 1.807) is 0 Å². The molecule has 2 N–H and O–H groups in total. The smallest absolute Gasteiger partial charge is 0.303 e. The largest absolute Gasteiger partial charge is 0.481 e. The third-order valence-electron chi connectivity index (χ3n) is 5.63. The number of aliphatic hydroxyl groups is 1. The SMILES string of the molecule is CCCCCCCCCCCCCCCCCCC(O)COCCCCC(=O)O. The molecule has 174 valence electrons. The molecule has 0 aromatic carbocycles. The first kappa shape index (κ1) is 28.4. The van der Waals surface area contributed by atoms with Crippen LogP contribution in [0.25, 0.3) is 0 Å². The summed E-state index contributed by atoms with van der Waals surface area (Å²) in [5, 5.41) is 18.4. The van der Waals surface area contributed by atoms with Crippen LogP contribution in [0.15, 0.2) is 0 Å². The Bertz CT molecular complexity index is 333. The zero-order valence-electron chi connectivity index (χ0n) is 19.3. The Morgan fingerprint density at radius 2 is 1.14 bits per heavy atom. The Hall–Kier alpha value is -0.610. The molecule has 0 amide bonds. The van der Waals surface area contributed by atoms with Gasteiger partial charge >= 0.3 is 5.97 Å². The standard InChI is InChI=1S/C25H50O4/c1-2-3-4-5-6-7-8-9-10-11-12-13-14-15-16-17-20-24(26)23-29-22-19-18-21-25(27)28/h24,26H,2-23H2,1H3,(H,27,28). The molecule has 0 spiro atoms. The minimum atomic E-state index is -0.756. The maximum Gasteiger partial charge on any atom is 0.303 e. The van der Waals surface area contributed by atoms with Crippen molar-refractivity contribution in [3.05, 3.63) is 0 Å². The van der Waals surface area contributed by atoms with Crippen molar-refractivity contribution in [3.63, 3.8) is 0 Å².